The van der Waals surface area contributed by atoms with Crippen molar-refractivity contribution in [1.82, 2.24) is 14.3 Å². The van der Waals surface area contributed by atoms with Crippen LogP contribution in [0.2, 0.25) is 0 Å². The molecule has 1 atom stereocenters. The first-order valence-electron chi connectivity index (χ1n) is 12.0. The third-order valence-electron chi connectivity index (χ3n) is 6.18. The summed E-state index contributed by atoms with van der Waals surface area (Å²) < 4.78 is 35.7. The van der Waals surface area contributed by atoms with Crippen LogP contribution in [0.3, 0.4) is 0 Å². The average Bonchev–Trinajstić information content (AvgIpc) is 3.48. The van der Waals surface area contributed by atoms with Gasteiger partial charge >= 0.3 is 6.09 Å². The number of amides is 1. The molecule has 0 radical (unpaired) electrons. The van der Waals surface area contributed by atoms with E-state index in [1.54, 1.807) is 0 Å². The fraction of sp³-hybridized carbons (Fsp3) is 0.462. The summed E-state index contributed by atoms with van der Waals surface area (Å²) in [5, 5.41) is 0. The van der Waals surface area contributed by atoms with Crippen LogP contribution >= 0.6 is 11.3 Å². The first-order valence-corrected chi connectivity index (χ1v) is 14.3. The quantitative estimate of drug-likeness (QED) is 0.403. The highest BCUT2D eigenvalue weighted by Gasteiger charge is 2.38. The largest absolute Gasteiger partial charge is 0.449 e. The van der Waals surface area contributed by atoms with Gasteiger partial charge in [0.25, 0.3) is 10.0 Å². The molecule has 2 aromatic heterocycles. The second-order valence-electron chi connectivity index (χ2n) is 10.1. The van der Waals surface area contributed by atoms with Crippen molar-refractivity contribution in [2.45, 2.75) is 69.5 Å². The van der Waals surface area contributed by atoms with Crippen molar-refractivity contribution in [3.8, 4) is 11.1 Å². The van der Waals surface area contributed by atoms with E-state index in [1.807, 2.05) is 37.5 Å². The third kappa shape index (κ3) is 5.30. The van der Waals surface area contributed by atoms with E-state index in [1.165, 1.54) is 11.3 Å². The van der Waals surface area contributed by atoms with Crippen molar-refractivity contribution < 1.29 is 17.9 Å². The highest BCUT2D eigenvalue weighted by Crippen LogP contribution is 2.43. The maximum atomic E-state index is 13.1. The molecule has 188 valence electrons. The lowest BCUT2D eigenvalue weighted by Gasteiger charge is -2.17. The number of nitrogens with zero attached hydrogens (tertiary/aromatic N) is 2. The number of hydrogen-bond donors (Lipinski definition) is 1. The Kier molecular flexibility index (Phi) is 7.11. The molecule has 1 aliphatic rings. The van der Waals surface area contributed by atoms with E-state index < -0.39 is 16.1 Å². The van der Waals surface area contributed by atoms with Gasteiger partial charge in [0.05, 0.1) is 12.6 Å². The van der Waals surface area contributed by atoms with Gasteiger partial charge in [-0.2, -0.15) is 0 Å². The summed E-state index contributed by atoms with van der Waals surface area (Å²) in [6, 6.07) is 10.2. The smallest absolute Gasteiger partial charge is 0.421 e. The standard InChI is InChI=1S/C26H33N3O4S2/c1-6-13-33-25(30)28-35(31,32)23-21(15-20(34-23)14-17(2)3)18-7-9-19(10-8-18)22-16-26(4,5)24-27-11-12-29(22)24/h7-12,15,17,22H,6,13-14,16H2,1-5H3,(H,28,30). The van der Waals surface area contributed by atoms with Crippen molar-refractivity contribution >= 4 is 27.5 Å². The fourth-order valence-corrected chi connectivity index (χ4v) is 7.47. The lowest BCUT2D eigenvalue weighted by Crippen LogP contribution is -2.31. The molecule has 1 aliphatic heterocycles. The van der Waals surface area contributed by atoms with Crippen LogP contribution < -0.4 is 4.72 Å². The number of sulfonamides is 1. The van der Waals surface area contributed by atoms with Crippen molar-refractivity contribution in [1.29, 1.82) is 0 Å². The first-order chi connectivity index (χ1) is 16.5. The van der Waals surface area contributed by atoms with Crippen molar-refractivity contribution in [3.05, 3.63) is 59.0 Å². The summed E-state index contributed by atoms with van der Waals surface area (Å²) >= 11 is 1.21. The summed E-state index contributed by atoms with van der Waals surface area (Å²) in [6.45, 7) is 10.6. The number of rotatable bonds is 8. The normalized spacial score (nSPS) is 16.9. The van der Waals surface area contributed by atoms with Gasteiger partial charge in [-0.3, -0.25) is 0 Å². The minimum absolute atomic E-state index is 0.00869. The van der Waals surface area contributed by atoms with Gasteiger partial charge in [0.2, 0.25) is 0 Å². The number of fused-ring (bicyclic) bond motifs is 1. The minimum Gasteiger partial charge on any atom is -0.449 e. The molecular weight excluding hydrogens is 482 g/mol. The van der Waals surface area contributed by atoms with Crippen LogP contribution in [-0.2, 0) is 26.6 Å². The summed E-state index contributed by atoms with van der Waals surface area (Å²) in [7, 11) is -4.08. The van der Waals surface area contributed by atoms with Crippen LogP contribution in [-0.4, -0.2) is 30.7 Å². The summed E-state index contributed by atoms with van der Waals surface area (Å²) in [4.78, 5) is 17.5. The Bertz CT molecular complexity index is 1300. The highest BCUT2D eigenvalue weighted by molar-refractivity contribution is 7.92. The Balaban J connectivity index is 1.67. The topological polar surface area (TPSA) is 90.3 Å². The molecule has 0 saturated heterocycles. The number of hydrogen-bond acceptors (Lipinski definition) is 6. The van der Waals surface area contributed by atoms with Gasteiger partial charge < -0.3 is 9.30 Å². The summed E-state index contributed by atoms with van der Waals surface area (Å²) in [5.41, 5.74) is 2.54. The van der Waals surface area contributed by atoms with E-state index in [9.17, 15) is 13.2 Å². The van der Waals surface area contributed by atoms with Gasteiger partial charge in [0.1, 0.15) is 10.0 Å². The predicted octanol–water partition coefficient (Wildman–Crippen LogP) is 5.91. The maximum absolute atomic E-state index is 13.1. The lowest BCUT2D eigenvalue weighted by atomic mass is 9.87. The third-order valence-corrected chi connectivity index (χ3v) is 9.18. The van der Waals surface area contributed by atoms with Crippen molar-refractivity contribution in [3.63, 3.8) is 0 Å². The second kappa shape index (κ2) is 9.78. The van der Waals surface area contributed by atoms with Crippen LogP contribution in [0.25, 0.3) is 11.1 Å². The number of nitrogens with one attached hydrogen (secondary N) is 1. The second-order valence-corrected chi connectivity index (χ2v) is 13.2. The van der Waals surface area contributed by atoms with E-state index in [0.717, 1.165) is 34.7 Å². The van der Waals surface area contributed by atoms with Crippen molar-refractivity contribution in [2.75, 3.05) is 6.61 Å². The van der Waals surface area contributed by atoms with Gasteiger partial charge in [0, 0.05) is 28.2 Å². The van der Waals surface area contributed by atoms with Crippen LogP contribution in [0.15, 0.2) is 46.9 Å². The molecule has 0 bridgehead atoms. The lowest BCUT2D eigenvalue weighted by molar-refractivity contribution is 0.152. The van der Waals surface area contributed by atoms with Gasteiger partial charge in [-0.05, 0) is 42.4 Å². The molecule has 9 heteroatoms. The zero-order valence-electron chi connectivity index (χ0n) is 20.9. The average molecular weight is 516 g/mol. The molecular formula is C26H33N3O4S2. The Morgan fingerprint density at radius 2 is 2.00 bits per heavy atom. The summed E-state index contributed by atoms with van der Waals surface area (Å²) in [6.07, 6.45) is 5.23. The molecule has 1 amide bonds. The van der Waals surface area contributed by atoms with Gasteiger partial charge in [-0.15, -0.1) is 11.3 Å². The van der Waals surface area contributed by atoms with Gasteiger partial charge in [-0.25, -0.2) is 22.9 Å². The molecule has 3 aromatic rings. The number of carbonyl (C=O) groups excluding carboxylic acids is 1. The molecule has 0 fully saturated rings. The molecule has 4 rings (SSSR count). The summed E-state index contributed by atoms with van der Waals surface area (Å²) in [5.74, 6) is 1.45. The van der Waals surface area contributed by atoms with Crippen LogP contribution in [0, 0.1) is 5.92 Å². The van der Waals surface area contributed by atoms with E-state index in [-0.39, 0.29) is 22.3 Å². The number of thiophene rings is 1. The van der Waals surface area contributed by atoms with E-state index in [4.69, 9.17) is 4.74 Å². The molecule has 35 heavy (non-hydrogen) atoms. The predicted molar refractivity (Wildman–Crippen MR) is 138 cm³/mol. The zero-order chi connectivity index (χ0) is 25.4. The fourth-order valence-electron chi connectivity index (χ4n) is 4.63. The molecule has 0 spiro atoms. The number of aromatic nitrogens is 2. The Hall–Kier alpha value is -2.65. The molecule has 0 saturated carbocycles. The van der Waals surface area contributed by atoms with E-state index in [0.29, 0.717) is 17.9 Å². The van der Waals surface area contributed by atoms with Gasteiger partial charge in [0.15, 0.2) is 0 Å². The number of imidazole rings is 1. The van der Waals surface area contributed by atoms with E-state index >= 15 is 0 Å². The molecule has 1 N–H and O–H groups in total. The van der Waals surface area contributed by atoms with Crippen LogP contribution in [0.4, 0.5) is 4.79 Å². The molecule has 0 aliphatic carbocycles. The number of carbonyl (C=O) groups is 1. The highest BCUT2D eigenvalue weighted by atomic mass is 32.2. The minimum atomic E-state index is -4.08. The van der Waals surface area contributed by atoms with Crippen LogP contribution in [0.5, 0.6) is 0 Å². The number of benzene rings is 1. The van der Waals surface area contributed by atoms with E-state index in [2.05, 4.69) is 54.1 Å². The first kappa shape index (κ1) is 25.4. The zero-order valence-corrected chi connectivity index (χ0v) is 22.5. The SMILES string of the molecule is CCCOC(=O)NS(=O)(=O)c1sc(CC(C)C)cc1-c1ccc(C2CC(C)(C)c3nccn32)cc1. The molecule has 7 nitrogen and oxygen atoms in total. The van der Waals surface area contributed by atoms with Crippen molar-refractivity contribution in [2.24, 2.45) is 5.92 Å². The van der Waals surface area contributed by atoms with Gasteiger partial charge in [-0.1, -0.05) is 58.9 Å². The maximum Gasteiger partial charge on any atom is 0.421 e. The monoisotopic (exact) mass is 515 g/mol. The Morgan fingerprint density at radius 1 is 1.29 bits per heavy atom. The molecule has 3 heterocycles. The Morgan fingerprint density at radius 3 is 2.66 bits per heavy atom. The molecule has 1 aromatic carbocycles. The number of ether oxygens (including phenoxy) is 1. The van der Waals surface area contributed by atoms with Crippen LogP contribution in [0.1, 0.15) is 69.8 Å². The Labute approximate surface area is 211 Å². The molecule has 1 unspecified atom stereocenters.